The van der Waals surface area contributed by atoms with E-state index in [0.717, 1.165) is 51.6 Å². The Kier molecular flexibility index (Phi) is 5.79. The van der Waals surface area contributed by atoms with Crippen molar-refractivity contribution in [1.29, 1.82) is 0 Å². The Morgan fingerprint density at radius 2 is 1.96 bits per heavy atom. The number of hydrogen-bond donors (Lipinski definition) is 1. The van der Waals surface area contributed by atoms with Crippen molar-refractivity contribution < 1.29 is 13.2 Å². The van der Waals surface area contributed by atoms with Crippen LogP contribution in [0.2, 0.25) is 0 Å². The van der Waals surface area contributed by atoms with Gasteiger partial charge in [0, 0.05) is 24.7 Å². The summed E-state index contributed by atoms with van der Waals surface area (Å²) in [5.74, 6) is 0.490. The smallest absolute Gasteiger partial charge is 0.253 e. The molecule has 1 amide bonds. The predicted molar refractivity (Wildman–Crippen MR) is 97.9 cm³/mol. The molecule has 1 aliphatic carbocycles. The zero-order valence-corrected chi connectivity index (χ0v) is 15.7. The van der Waals surface area contributed by atoms with E-state index in [-0.39, 0.29) is 16.8 Å². The number of sulfonamides is 1. The zero-order chi connectivity index (χ0) is 17.9. The highest BCUT2D eigenvalue weighted by molar-refractivity contribution is 7.89. The minimum Gasteiger partial charge on any atom is -0.338 e. The second-order valence-corrected chi connectivity index (χ2v) is 9.01. The number of benzene rings is 1. The number of rotatable bonds is 5. The van der Waals surface area contributed by atoms with Crippen molar-refractivity contribution in [3.63, 3.8) is 0 Å². The number of piperidine rings is 1. The van der Waals surface area contributed by atoms with Crippen LogP contribution >= 0.6 is 0 Å². The molecule has 1 heterocycles. The summed E-state index contributed by atoms with van der Waals surface area (Å²) in [6, 6.07) is 6.50. The van der Waals surface area contributed by atoms with Crippen LogP contribution in [0.15, 0.2) is 29.2 Å². The minimum atomic E-state index is -3.57. The van der Waals surface area contributed by atoms with Crippen LogP contribution < -0.4 is 4.72 Å². The molecule has 0 spiro atoms. The highest BCUT2D eigenvalue weighted by Gasteiger charge is 2.26. The molecule has 1 saturated heterocycles. The number of nitrogens with zero attached hydrogens (tertiary/aromatic N) is 1. The Balaban J connectivity index is 1.75. The van der Waals surface area contributed by atoms with Crippen molar-refractivity contribution in [2.24, 2.45) is 5.92 Å². The van der Waals surface area contributed by atoms with Crippen LogP contribution in [0.25, 0.3) is 0 Å². The molecule has 25 heavy (non-hydrogen) atoms. The lowest BCUT2D eigenvalue weighted by Crippen LogP contribution is -2.39. The molecule has 1 saturated carbocycles. The molecule has 0 unspecified atom stereocenters. The Hall–Kier alpha value is -1.40. The summed E-state index contributed by atoms with van der Waals surface area (Å²) >= 11 is 0. The van der Waals surface area contributed by atoms with Gasteiger partial charge in [0.25, 0.3) is 5.91 Å². The summed E-state index contributed by atoms with van der Waals surface area (Å²) < 4.78 is 28.0. The largest absolute Gasteiger partial charge is 0.338 e. The first-order valence-electron chi connectivity index (χ1n) is 9.41. The average Bonchev–Trinajstić information content (AvgIpc) is 3.13. The summed E-state index contributed by atoms with van der Waals surface area (Å²) in [6.07, 6.45) is 7.18. The molecular formula is C19H28N2O3S. The maximum Gasteiger partial charge on any atom is 0.253 e. The van der Waals surface area contributed by atoms with Gasteiger partial charge in [0.15, 0.2) is 0 Å². The fraction of sp³-hybridized carbons (Fsp3) is 0.632. The van der Waals surface area contributed by atoms with E-state index in [1.807, 2.05) is 4.90 Å². The van der Waals surface area contributed by atoms with E-state index >= 15 is 0 Å². The van der Waals surface area contributed by atoms with Gasteiger partial charge in [-0.05, 0) is 49.8 Å². The number of amides is 1. The van der Waals surface area contributed by atoms with Gasteiger partial charge >= 0.3 is 0 Å². The first kappa shape index (κ1) is 18.4. The fourth-order valence-electron chi connectivity index (χ4n) is 3.89. The number of likely N-dealkylation sites (tertiary alicyclic amines) is 1. The highest BCUT2D eigenvalue weighted by Crippen LogP contribution is 2.23. The summed E-state index contributed by atoms with van der Waals surface area (Å²) in [5, 5.41) is 0. The Morgan fingerprint density at radius 3 is 2.68 bits per heavy atom. The Morgan fingerprint density at radius 1 is 1.20 bits per heavy atom. The standard InChI is InChI=1S/C19H28N2O3S/c1-2-15-7-6-12-21(14-15)19(22)16-8-5-11-18(13-16)25(23,24)20-17-9-3-4-10-17/h5,8,11,13,15,17,20H,2-4,6-7,9-10,12,14H2,1H3/t15-/m1/s1. The van der Waals surface area contributed by atoms with Crippen molar-refractivity contribution >= 4 is 15.9 Å². The van der Waals surface area contributed by atoms with Gasteiger partial charge in [-0.2, -0.15) is 0 Å². The maximum absolute atomic E-state index is 12.8. The van der Waals surface area contributed by atoms with Gasteiger partial charge in [0.05, 0.1) is 4.90 Å². The molecule has 0 bridgehead atoms. The van der Waals surface area contributed by atoms with Gasteiger partial charge in [0.2, 0.25) is 10.0 Å². The third kappa shape index (κ3) is 4.42. The van der Waals surface area contributed by atoms with Crippen LogP contribution in [-0.2, 0) is 10.0 Å². The summed E-state index contributed by atoms with van der Waals surface area (Å²) in [7, 11) is -3.57. The van der Waals surface area contributed by atoms with Crippen LogP contribution in [0.4, 0.5) is 0 Å². The van der Waals surface area contributed by atoms with Gasteiger partial charge in [-0.1, -0.05) is 32.3 Å². The topological polar surface area (TPSA) is 66.5 Å². The lowest BCUT2D eigenvalue weighted by molar-refractivity contribution is 0.0671. The zero-order valence-electron chi connectivity index (χ0n) is 14.9. The molecule has 5 nitrogen and oxygen atoms in total. The highest BCUT2D eigenvalue weighted by atomic mass is 32.2. The summed E-state index contributed by atoms with van der Waals surface area (Å²) in [5.41, 5.74) is 0.464. The van der Waals surface area contributed by atoms with E-state index < -0.39 is 10.0 Å². The number of carbonyl (C=O) groups excluding carboxylic acids is 1. The van der Waals surface area contributed by atoms with Crippen LogP contribution in [0.5, 0.6) is 0 Å². The second-order valence-electron chi connectivity index (χ2n) is 7.30. The summed E-state index contributed by atoms with van der Waals surface area (Å²) in [6.45, 7) is 3.68. The molecule has 0 aromatic heterocycles. The fourth-order valence-corrected chi connectivity index (χ4v) is 5.24. The monoisotopic (exact) mass is 364 g/mol. The van der Waals surface area contributed by atoms with Gasteiger partial charge in [-0.3, -0.25) is 4.79 Å². The SMILES string of the molecule is CC[C@@H]1CCCN(C(=O)c2cccc(S(=O)(=O)NC3CCCC3)c2)C1. The van der Waals surface area contributed by atoms with E-state index in [1.54, 1.807) is 18.2 Å². The molecule has 138 valence electrons. The molecule has 1 aliphatic heterocycles. The molecular weight excluding hydrogens is 336 g/mol. The van der Waals surface area contributed by atoms with Gasteiger partial charge in [-0.15, -0.1) is 0 Å². The third-order valence-corrected chi connectivity index (χ3v) is 6.97. The van der Waals surface area contributed by atoms with Crippen LogP contribution in [0, 0.1) is 5.92 Å². The number of nitrogens with one attached hydrogen (secondary N) is 1. The van der Waals surface area contributed by atoms with Gasteiger partial charge < -0.3 is 4.90 Å². The molecule has 1 atom stereocenters. The molecule has 1 aromatic rings. The molecule has 2 fully saturated rings. The van der Waals surface area contributed by atoms with Gasteiger partial charge in [-0.25, -0.2) is 13.1 Å². The molecule has 1 N–H and O–H groups in total. The van der Waals surface area contributed by atoms with Crippen molar-refractivity contribution in [2.45, 2.75) is 62.8 Å². The molecule has 0 radical (unpaired) electrons. The second kappa shape index (κ2) is 7.87. The maximum atomic E-state index is 12.8. The number of hydrogen-bond acceptors (Lipinski definition) is 3. The summed E-state index contributed by atoms with van der Waals surface area (Å²) in [4.78, 5) is 14.9. The van der Waals surface area contributed by atoms with Crippen LogP contribution in [0.1, 0.15) is 62.2 Å². The Bertz CT molecular complexity index is 711. The van der Waals surface area contributed by atoms with E-state index in [4.69, 9.17) is 0 Å². The van der Waals surface area contributed by atoms with E-state index in [9.17, 15) is 13.2 Å². The molecule has 2 aliphatic rings. The van der Waals surface area contributed by atoms with Crippen molar-refractivity contribution in [3.05, 3.63) is 29.8 Å². The number of carbonyl (C=O) groups is 1. The lowest BCUT2D eigenvalue weighted by Gasteiger charge is -2.32. The van der Waals surface area contributed by atoms with Gasteiger partial charge in [0.1, 0.15) is 0 Å². The molecule has 3 rings (SSSR count). The van der Waals surface area contributed by atoms with Crippen molar-refractivity contribution in [3.8, 4) is 0 Å². The molecule has 6 heteroatoms. The third-order valence-electron chi connectivity index (χ3n) is 5.45. The first-order valence-corrected chi connectivity index (χ1v) is 10.9. The molecule has 1 aromatic carbocycles. The van der Waals surface area contributed by atoms with E-state index in [0.29, 0.717) is 11.5 Å². The quantitative estimate of drug-likeness (QED) is 0.873. The average molecular weight is 365 g/mol. The van der Waals surface area contributed by atoms with Crippen LogP contribution in [-0.4, -0.2) is 38.4 Å². The Labute approximate surface area is 150 Å². The first-order chi connectivity index (χ1) is 12.0. The normalized spacial score (nSPS) is 22.3. The van der Waals surface area contributed by atoms with E-state index in [2.05, 4.69) is 11.6 Å². The predicted octanol–water partition coefficient (Wildman–Crippen LogP) is 3.17. The lowest BCUT2D eigenvalue weighted by atomic mass is 9.95. The van der Waals surface area contributed by atoms with Crippen molar-refractivity contribution in [1.82, 2.24) is 9.62 Å². The van der Waals surface area contributed by atoms with Crippen molar-refractivity contribution in [2.75, 3.05) is 13.1 Å². The van der Waals surface area contributed by atoms with E-state index in [1.165, 1.54) is 12.5 Å². The van der Waals surface area contributed by atoms with Crippen LogP contribution in [0.3, 0.4) is 0 Å². The minimum absolute atomic E-state index is 0.0248.